The van der Waals surface area contributed by atoms with Crippen molar-refractivity contribution in [2.75, 3.05) is 6.73 Å². The van der Waals surface area contributed by atoms with Crippen LogP contribution in [-0.2, 0) is 4.74 Å². The lowest BCUT2D eigenvalue weighted by molar-refractivity contribution is 0.0225. The first-order chi connectivity index (χ1) is 5.76. The first-order valence-corrected chi connectivity index (χ1v) is 5.07. The first-order valence-electron chi connectivity index (χ1n) is 5.07. The molecule has 2 heteroatoms. The van der Waals surface area contributed by atoms with Crippen molar-refractivity contribution < 1.29 is 4.74 Å². The van der Waals surface area contributed by atoms with Gasteiger partial charge in [-0.25, -0.2) is 0 Å². The molecule has 0 saturated carbocycles. The predicted octanol–water partition coefficient (Wildman–Crippen LogP) is 2.52. The van der Waals surface area contributed by atoms with Gasteiger partial charge in [-0.05, 0) is 25.7 Å². The van der Waals surface area contributed by atoms with Gasteiger partial charge >= 0.3 is 0 Å². The lowest BCUT2D eigenvalue weighted by Gasteiger charge is -2.22. The van der Waals surface area contributed by atoms with Gasteiger partial charge in [-0.3, -0.25) is 0 Å². The van der Waals surface area contributed by atoms with E-state index in [2.05, 4.69) is 20.8 Å². The molecule has 74 valence electrons. The van der Waals surface area contributed by atoms with Crippen molar-refractivity contribution in [3.05, 3.63) is 0 Å². The molecule has 2 N–H and O–H groups in total. The summed E-state index contributed by atoms with van der Waals surface area (Å²) in [6.07, 6.45) is 5.32. The summed E-state index contributed by atoms with van der Waals surface area (Å²) in [6, 6.07) is 0. The van der Waals surface area contributed by atoms with Gasteiger partial charge in [0.15, 0.2) is 0 Å². The highest BCUT2D eigenvalue weighted by atomic mass is 16.5. The number of nitrogens with two attached hydrogens (primary N) is 1. The van der Waals surface area contributed by atoms with E-state index in [0.29, 0.717) is 18.8 Å². The number of ether oxygens (including phenoxy) is 1. The highest BCUT2D eigenvalue weighted by Crippen LogP contribution is 2.19. The molecule has 0 amide bonds. The minimum absolute atomic E-state index is 0.329. The molecule has 1 atom stereocenters. The molecule has 12 heavy (non-hydrogen) atoms. The molecule has 0 aromatic heterocycles. The molecule has 0 heterocycles. The molecule has 0 radical (unpaired) electrons. The highest BCUT2D eigenvalue weighted by Gasteiger charge is 2.15. The fraction of sp³-hybridized carbons (Fsp3) is 1.00. The lowest BCUT2D eigenvalue weighted by atomic mass is 9.93. The summed E-state index contributed by atoms with van der Waals surface area (Å²) in [5, 5.41) is 0. The van der Waals surface area contributed by atoms with Crippen LogP contribution in [0.25, 0.3) is 0 Å². The van der Waals surface area contributed by atoms with Crippen molar-refractivity contribution in [1.82, 2.24) is 0 Å². The molecule has 0 aliphatic rings. The average Bonchev–Trinajstić information content (AvgIpc) is 2.04. The van der Waals surface area contributed by atoms with E-state index in [1.807, 2.05) is 0 Å². The summed E-state index contributed by atoms with van der Waals surface area (Å²) in [7, 11) is 0. The second-order valence-corrected chi connectivity index (χ2v) is 3.38. The van der Waals surface area contributed by atoms with Crippen molar-refractivity contribution >= 4 is 0 Å². The van der Waals surface area contributed by atoms with Crippen LogP contribution in [0, 0.1) is 5.92 Å². The van der Waals surface area contributed by atoms with Crippen LogP contribution in [0.3, 0.4) is 0 Å². The molecule has 0 bridgehead atoms. The molecular weight excluding hydrogens is 150 g/mol. The largest absolute Gasteiger partial charge is 0.363 e. The Bertz CT molecular complexity index is 89.8. The monoisotopic (exact) mass is 173 g/mol. The van der Waals surface area contributed by atoms with E-state index >= 15 is 0 Å². The topological polar surface area (TPSA) is 35.2 Å². The normalized spacial score (nSPS) is 13.8. The van der Waals surface area contributed by atoms with E-state index in [1.165, 1.54) is 25.7 Å². The summed E-state index contributed by atoms with van der Waals surface area (Å²) in [5.41, 5.74) is 5.34. The van der Waals surface area contributed by atoms with Gasteiger partial charge < -0.3 is 10.5 Å². The molecule has 0 rings (SSSR count). The van der Waals surface area contributed by atoms with Crippen LogP contribution in [0.4, 0.5) is 0 Å². The molecule has 0 aliphatic heterocycles. The van der Waals surface area contributed by atoms with E-state index in [4.69, 9.17) is 10.5 Å². The van der Waals surface area contributed by atoms with Crippen molar-refractivity contribution in [2.24, 2.45) is 11.7 Å². The summed E-state index contributed by atoms with van der Waals surface area (Å²) >= 11 is 0. The second-order valence-electron chi connectivity index (χ2n) is 3.38. The zero-order chi connectivity index (χ0) is 9.40. The van der Waals surface area contributed by atoms with Crippen LogP contribution in [0.1, 0.15) is 46.5 Å². The van der Waals surface area contributed by atoms with Gasteiger partial charge in [0.05, 0.1) is 12.8 Å². The maximum atomic E-state index is 5.39. The Labute approximate surface area is 76.5 Å². The Morgan fingerprint density at radius 1 is 1.17 bits per heavy atom. The van der Waals surface area contributed by atoms with Crippen LogP contribution in [0.15, 0.2) is 0 Å². The van der Waals surface area contributed by atoms with Gasteiger partial charge in [0.2, 0.25) is 0 Å². The van der Waals surface area contributed by atoms with Crippen LogP contribution < -0.4 is 5.73 Å². The molecule has 1 unspecified atom stereocenters. The van der Waals surface area contributed by atoms with E-state index in [1.54, 1.807) is 0 Å². The minimum Gasteiger partial charge on any atom is -0.363 e. The smallest absolute Gasteiger partial charge is 0.0944 e. The zero-order valence-corrected chi connectivity index (χ0v) is 8.68. The number of hydrogen-bond donors (Lipinski definition) is 1. The molecule has 0 fully saturated rings. The minimum atomic E-state index is 0.329. The predicted molar refractivity (Wildman–Crippen MR) is 52.9 cm³/mol. The second kappa shape index (κ2) is 7.56. The van der Waals surface area contributed by atoms with Crippen LogP contribution in [-0.4, -0.2) is 12.8 Å². The van der Waals surface area contributed by atoms with Crippen LogP contribution in [0.5, 0.6) is 0 Å². The summed E-state index contributed by atoms with van der Waals surface area (Å²) in [5.74, 6) is 0.698. The summed E-state index contributed by atoms with van der Waals surface area (Å²) < 4.78 is 5.39. The Morgan fingerprint density at radius 3 is 2.00 bits per heavy atom. The Morgan fingerprint density at radius 2 is 1.67 bits per heavy atom. The first kappa shape index (κ1) is 11.9. The van der Waals surface area contributed by atoms with Gasteiger partial charge in [-0.1, -0.05) is 26.7 Å². The zero-order valence-electron chi connectivity index (χ0n) is 8.68. The lowest BCUT2D eigenvalue weighted by Crippen LogP contribution is -2.23. The van der Waals surface area contributed by atoms with Gasteiger partial charge in [0, 0.05) is 0 Å². The standard InChI is InChI=1S/C10H23NO/c1-4-6-10(7-5-2)9(3)12-8-11/h9-10H,4-8,11H2,1-3H3. The molecular formula is C10H23NO. The highest BCUT2D eigenvalue weighted by molar-refractivity contribution is 4.65. The van der Waals surface area contributed by atoms with E-state index in [9.17, 15) is 0 Å². The third-order valence-electron chi connectivity index (χ3n) is 2.34. The molecule has 0 saturated heterocycles. The average molecular weight is 173 g/mol. The van der Waals surface area contributed by atoms with Gasteiger partial charge in [-0.2, -0.15) is 0 Å². The molecule has 0 aromatic carbocycles. The fourth-order valence-corrected chi connectivity index (χ4v) is 1.64. The molecule has 0 spiro atoms. The summed E-state index contributed by atoms with van der Waals surface area (Å²) in [4.78, 5) is 0. The van der Waals surface area contributed by atoms with Crippen molar-refractivity contribution in [2.45, 2.75) is 52.6 Å². The number of hydrogen-bond acceptors (Lipinski definition) is 2. The van der Waals surface area contributed by atoms with E-state index in [0.717, 1.165) is 0 Å². The van der Waals surface area contributed by atoms with E-state index < -0.39 is 0 Å². The maximum absolute atomic E-state index is 5.39. The fourth-order valence-electron chi connectivity index (χ4n) is 1.64. The Hall–Kier alpha value is -0.0800. The van der Waals surface area contributed by atoms with Crippen molar-refractivity contribution in [1.29, 1.82) is 0 Å². The van der Waals surface area contributed by atoms with Crippen LogP contribution >= 0.6 is 0 Å². The third-order valence-corrected chi connectivity index (χ3v) is 2.34. The van der Waals surface area contributed by atoms with Crippen LogP contribution in [0.2, 0.25) is 0 Å². The van der Waals surface area contributed by atoms with Gasteiger partial charge in [-0.15, -0.1) is 0 Å². The summed E-state index contributed by atoms with van der Waals surface area (Å²) in [6.45, 7) is 6.92. The molecule has 0 aliphatic carbocycles. The number of rotatable bonds is 7. The van der Waals surface area contributed by atoms with E-state index in [-0.39, 0.29) is 0 Å². The maximum Gasteiger partial charge on any atom is 0.0944 e. The van der Waals surface area contributed by atoms with Gasteiger partial charge in [0.1, 0.15) is 0 Å². The molecule has 2 nitrogen and oxygen atoms in total. The Balaban J connectivity index is 3.72. The SMILES string of the molecule is CCCC(CCC)C(C)OCN. The molecule has 0 aromatic rings. The van der Waals surface area contributed by atoms with Crippen molar-refractivity contribution in [3.63, 3.8) is 0 Å². The quantitative estimate of drug-likeness (QED) is 0.600. The van der Waals surface area contributed by atoms with Crippen molar-refractivity contribution in [3.8, 4) is 0 Å². The third kappa shape index (κ3) is 4.73. The Kier molecular flexibility index (Phi) is 7.51. The van der Waals surface area contributed by atoms with Gasteiger partial charge in [0.25, 0.3) is 0 Å².